The van der Waals surface area contributed by atoms with Gasteiger partial charge in [-0.25, -0.2) is 9.59 Å². The van der Waals surface area contributed by atoms with Gasteiger partial charge in [0, 0.05) is 7.05 Å². The topological polar surface area (TPSA) is 114 Å². The monoisotopic (exact) mass is 363 g/mol. The van der Waals surface area contributed by atoms with Gasteiger partial charge in [-0.3, -0.25) is 14.9 Å². The second-order valence-electron chi connectivity index (χ2n) is 6.10. The number of carbonyl (C=O) groups is 4. The summed E-state index contributed by atoms with van der Waals surface area (Å²) in [6.45, 7) is 4.85. The second kappa shape index (κ2) is 10.2. The first kappa shape index (κ1) is 21.1. The molecule has 1 aromatic carbocycles. The molecule has 0 saturated heterocycles. The molecular formula is C18H25N3O5. The summed E-state index contributed by atoms with van der Waals surface area (Å²) in [6.07, 6.45) is -1.04. The summed E-state index contributed by atoms with van der Waals surface area (Å²) < 4.78 is 5.09. The zero-order valence-electron chi connectivity index (χ0n) is 15.4. The average Bonchev–Trinajstić information content (AvgIpc) is 2.59. The van der Waals surface area contributed by atoms with Gasteiger partial charge in [0.05, 0.1) is 6.42 Å². The zero-order chi connectivity index (χ0) is 19.7. The van der Waals surface area contributed by atoms with E-state index in [1.54, 1.807) is 13.8 Å². The third kappa shape index (κ3) is 6.92. The fourth-order valence-corrected chi connectivity index (χ4v) is 2.08. The van der Waals surface area contributed by atoms with Crippen molar-refractivity contribution in [1.29, 1.82) is 0 Å². The molecule has 8 nitrogen and oxygen atoms in total. The highest BCUT2D eigenvalue weighted by Gasteiger charge is 2.29. The van der Waals surface area contributed by atoms with E-state index in [0.717, 1.165) is 5.56 Å². The molecule has 0 heterocycles. The van der Waals surface area contributed by atoms with Gasteiger partial charge in [-0.15, -0.1) is 0 Å². The first-order valence-electron chi connectivity index (χ1n) is 8.31. The van der Waals surface area contributed by atoms with Crippen molar-refractivity contribution in [1.82, 2.24) is 16.0 Å². The Morgan fingerprint density at radius 3 is 2.19 bits per heavy atom. The first-order chi connectivity index (χ1) is 12.2. The van der Waals surface area contributed by atoms with E-state index < -0.39 is 30.1 Å². The minimum atomic E-state index is -1.17. The lowest BCUT2D eigenvalue weighted by Gasteiger charge is -2.22. The SMILES string of the molecule is CNC(=O)NC(=O)C(C)OC(=O)C(NC(=O)Cc1ccccc1)C(C)C. The molecule has 0 aliphatic carbocycles. The molecule has 2 atom stereocenters. The van der Waals surface area contributed by atoms with Gasteiger partial charge in [0.2, 0.25) is 5.91 Å². The molecule has 1 aromatic rings. The van der Waals surface area contributed by atoms with Crippen LogP contribution in [0.15, 0.2) is 30.3 Å². The van der Waals surface area contributed by atoms with Crippen LogP contribution in [0.4, 0.5) is 4.79 Å². The maximum absolute atomic E-state index is 12.3. The molecule has 0 aliphatic heterocycles. The third-order valence-corrected chi connectivity index (χ3v) is 3.57. The number of hydrogen-bond donors (Lipinski definition) is 3. The Labute approximate surface area is 152 Å². The van der Waals surface area contributed by atoms with Crippen LogP contribution in [0.3, 0.4) is 0 Å². The normalized spacial score (nSPS) is 12.7. The molecular weight excluding hydrogens is 338 g/mol. The Balaban J connectivity index is 2.64. The van der Waals surface area contributed by atoms with Crippen molar-refractivity contribution in [2.24, 2.45) is 5.92 Å². The van der Waals surface area contributed by atoms with Crippen LogP contribution in [0.25, 0.3) is 0 Å². The van der Waals surface area contributed by atoms with Crippen LogP contribution in [-0.4, -0.2) is 43.0 Å². The number of urea groups is 1. The Morgan fingerprint density at radius 1 is 1.04 bits per heavy atom. The second-order valence-corrected chi connectivity index (χ2v) is 6.10. The average molecular weight is 363 g/mol. The van der Waals surface area contributed by atoms with Crippen molar-refractivity contribution in [2.75, 3.05) is 7.05 Å². The predicted molar refractivity (Wildman–Crippen MR) is 95.1 cm³/mol. The van der Waals surface area contributed by atoms with Crippen LogP contribution in [0.5, 0.6) is 0 Å². The van der Waals surface area contributed by atoms with Gasteiger partial charge in [0.25, 0.3) is 5.91 Å². The quantitative estimate of drug-likeness (QED) is 0.619. The van der Waals surface area contributed by atoms with Crippen LogP contribution in [-0.2, 0) is 25.5 Å². The molecule has 4 amide bonds. The smallest absolute Gasteiger partial charge is 0.329 e. The van der Waals surface area contributed by atoms with Crippen molar-refractivity contribution in [3.8, 4) is 0 Å². The maximum Gasteiger partial charge on any atom is 0.329 e. The lowest BCUT2D eigenvalue weighted by Crippen LogP contribution is -2.49. The molecule has 1 rings (SSSR count). The van der Waals surface area contributed by atoms with Crippen molar-refractivity contribution in [2.45, 2.75) is 39.3 Å². The van der Waals surface area contributed by atoms with Gasteiger partial charge in [-0.1, -0.05) is 44.2 Å². The predicted octanol–water partition coefficient (Wildman–Crippen LogP) is 0.757. The number of benzene rings is 1. The zero-order valence-corrected chi connectivity index (χ0v) is 15.4. The number of hydrogen-bond acceptors (Lipinski definition) is 5. The van der Waals surface area contributed by atoms with E-state index in [4.69, 9.17) is 4.74 Å². The molecule has 142 valence electrons. The summed E-state index contributed by atoms with van der Waals surface area (Å²) in [5, 5.41) is 6.89. The molecule has 3 N–H and O–H groups in total. The maximum atomic E-state index is 12.3. The van der Waals surface area contributed by atoms with Gasteiger partial charge >= 0.3 is 12.0 Å². The van der Waals surface area contributed by atoms with E-state index in [2.05, 4.69) is 10.6 Å². The number of ether oxygens (including phenoxy) is 1. The van der Waals surface area contributed by atoms with Crippen LogP contribution < -0.4 is 16.0 Å². The van der Waals surface area contributed by atoms with Crippen LogP contribution in [0.2, 0.25) is 0 Å². The molecule has 0 fully saturated rings. The minimum Gasteiger partial charge on any atom is -0.451 e. The van der Waals surface area contributed by atoms with E-state index in [0.29, 0.717) is 0 Å². The van der Waals surface area contributed by atoms with Crippen LogP contribution >= 0.6 is 0 Å². The highest BCUT2D eigenvalue weighted by atomic mass is 16.5. The molecule has 0 bridgehead atoms. The molecule has 0 spiro atoms. The lowest BCUT2D eigenvalue weighted by atomic mass is 10.0. The molecule has 0 saturated carbocycles. The van der Waals surface area contributed by atoms with Crippen LogP contribution in [0.1, 0.15) is 26.3 Å². The van der Waals surface area contributed by atoms with E-state index in [1.165, 1.54) is 14.0 Å². The van der Waals surface area contributed by atoms with Crippen molar-refractivity contribution >= 4 is 23.8 Å². The largest absolute Gasteiger partial charge is 0.451 e. The fraction of sp³-hybridized carbons (Fsp3) is 0.444. The lowest BCUT2D eigenvalue weighted by molar-refractivity contribution is -0.158. The molecule has 0 aromatic heterocycles. The van der Waals surface area contributed by atoms with Crippen molar-refractivity contribution < 1.29 is 23.9 Å². The number of rotatable bonds is 7. The number of amides is 4. The summed E-state index contributed by atoms with van der Waals surface area (Å²) in [4.78, 5) is 47.4. The van der Waals surface area contributed by atoms with Gasteiger partial charge in [0.15, 0.2) is 6.10 Å². The number of esters is 1. The highest BCUT2D eigenvalue weighted by molar-refractivity contribution is 5.97. The van der Waals surface area contributed by atoms with Crippen molar-refractivity contribution in [3.05, 3.63) is 35.9 Å². The molecule has 2 unspecified atom stereocenters. The summed E-state index contributed by atoms with van der Waals surface area (Å²) in [6, 6.07) is 7.52. The van der Waals surface area contributed by atoms with Gasteiger partial charge < -0.3 is 15.4 Å². The summed E-state index contributed by atoms with van der Waals surface area (Å²) in [7, 11) is 1.36. The fourth-order valence-electron chi connectivity index (χ4n) is 2.08. The molecule has 0 aliphatic rings. The van der Waals surface area contributed by atoms with Gasteiger partial charge in [0.1, 0.15) is 6.04 Å². The Morgan fingerprint density at radius 2 is 1.65 bits per heavy atom. The number of carbonyl (C=O) groups excluding carboxylic acids is 4. The summed E-state index contributed by atoms with van der Waals surface area (Å²) in [5.41, 5.74) is 0.819. The van der Waals surface area contributed by atoms with E-state index in [1.807, 2.05) is 35.6 Å². The third-order valence-electron chi connectivity index (χ3n) is 3.57. The van der Waals surface area contributed by atoms with Crippen LogP contribution in [0, 0.1) is 5.92 Å². The standard InChI is InChI=1S/C18H25N3O5/c1-11(2)15(20-14(22)10-13-8-6-5-7-9-13)17(24)26-12(3)16(23)21-18(25)19-4/h5-9,11-12,15H,10H2,1-4H3,(H,20,22)(H2,19,21,23,25). The molecule has 8 heteroatoms. The molecule has 0 radical (unpaired) electrons. The van der Waals surface area contributed by atoms with E-state index in [-0.39, 0.29) is 18.2 Å². The summed E-state index contributed by atoms with van der Waals surface area (Å²) >= 11 is 0. The summed E-state index contributed by atoms with van der Waals surface area (Å²) in [5.74, 6) is -2.05. The Hall–Kier alpha value is -2.90. The van der Waals surface area contributed by atoms with Crippen molar-refractivity contribution in [3.63, 3.8) is 0 Å². The van der Waals surface area contributed by atoms with E-state index >= 15 is 0 Å². The van der Waals surface area contributed by atoms with Gasteiger partial charge in [-0.05, 0) is 18.4 Å². The van der Waals surface area contributed by atoms with E-state index in [9.17, 15) is 19.2 Å². The first-order valence-corrected chi connectivity index (χ1v) is 8.31. The highest BCUT2D eigenvalue weighted by Crippen LogP contribution is 2.08. The minimum absolute atomic E-state index is 0.129. The molecule has 26 heavy (non-hydrogen) atoms. The Kier molecular flexibility index (Phi) is 8.27. The number of nitrogens with one attached hydrogen (secondary N) is 3. The number of imide groups is 1. The van der Waals surface area contributed by atoms with Gasteiger partial charge in [-0.2, -0.15) is 0 Å². The Bertz CT molecular complexity index is 645.